The molecule has 0 aromatic heterocycles. The van der Waals surface area contributed by atoms with Crippen molar-refractivity contribution in [3.8, 4) is 0 Å². The molecule has 44 heavy (non-hydrogen) atoms. The fraction of sp³-hybridized carbons (Fsp3) is 0.562. The zero-order valence-corrected chi connectivity index (χ0v) is 27.7. The molecule has 0 amide bonds. The lowest BCUT2D eigenvalue weighted by molar-refractivity contribution is -0.870. The van der Waals surface area contributed by atoms with E-state index < -0.39 is 44.7 Å². The second-order valence-corrected chi connectivity index (χ2v) is 12.3. The minimum atomic E-state index is -4.62. The first-order chi connectivity index (χ1) is 20.7. The Morgan fingerprint density at radius 1 is 0.909 bits per heavy atom. The number of aliphatic hydroxyl groups is 2. The molecule has 0 spiro atoms. The van der Waals surface area contributed by atoms with Gasteiger partial charge in [-0.3, -0.25) is 14.2 Å². The first-order valence-corrected chi connectivity index (χ1v) is 16.3. The van der Waals surface area contributed by atoms with Crippen LogP contribution < -0.4 is 4.89 Å². The molecule has 0 aliphatic carbocycles. The van der Waals surface area contributed by atoms with E-state index in [1.54, 1.807) is 30.4 Å². The van der Waals surface area contributed by atoms with Crippen LogP contribution in [0, 0.1) is 0 Å². The van der Waals surface area contributed by atoms with Crippen molar-refractivity contribution in [2.45, 2.75) is 70.7 Å². The third kappa shape index (κ3) is 28.2. The summed E-state index contributed by atoms with van der Waals surface area (Å²) in [5.74, 6) is -1.22. The molecule has 0 fully saturated rings. The van der Waals surface area contributed by atoms with Crippen molar-refractivity contribution < 1.29 is 52.3 Å². The van der Waals surface area contributed by atoms with Gasteiger partial charge in [-0.05, 0) is 32.1 Å². The first-order valence-electron chi connectivity index (χ1n) is 14.8. The number of nitrogens with zero attached hydrogens (tertiary/aromatic N) is 1. The van der Waals surface area contributed by atoms with E-state index in [0.717, 1.165) is 13.3 Å². The number of phosphoric ester groups is 1. The summed E-state index contributed by atoms with van der Waals surface area (Å²) in [4.78, 5) is 35.4. The number of likely N-dealkylation sites (N-methyl/N-ethyl adjacent to an activating group) is 1. The predicted octanol–water partition coefficient (Wildman–Crippen LogP) is 4.09. The molecular weight excluding hydrogens is 589 g/mol. The molecule has 11 nitrogen and oxygen atoms in total. The standard InChI is InChI=1S/C32H52NO10P/c1-6-7-14-19-29(35)20-15-11-9-8-10-12-16-21-30(36)22-17-13-18-23-32(37)40-26-31(43-28(2)34)27-42-44(38,39)41-25-24-33(3,4)5/h7,9-12,14-17,20-22,29-31,35-36H,6,8,13,18-19,23-27H2,1-5H3/b11-9-,12-10-,14-7-,20-15+,21-16+,22-17-/t29-,30-,31-/m1/s1. The Balaban J connectivity index is 4.28. The van der Waals surface area contributed by atoms with E-state index in [1.807, 2.05) is 70.6 Å². The van der Waals surface area contributed by atoms with Crippen molar-refractivity contribution in [1.82, 2.24) is 0 Å². The second-order valence-electron chi connectivity index (χ2n) is 10.9. The fourth-order valence-electron chi connectivity index (χ4n) is 3.16. The van der Waals surface area contributed by atoms with E-state index in [4.69, 9.17) is 18.5 Å². The summed E-state index contributed by atoms with van der Waals surface area (Å²) in [6.07, 6.45) is 22.8. The number of carbonyl (C=O) groups excluding carboxylic acids is 2. The van der Waals surface area contributed by atoms with Crippen LogP contribution in [0.25, 0.3) is 0 Å². The van der Waals surface area contributed by atoms with Crippen molar-refractivity contribution in [3.63, 3.8) is 0 Å². The van der Waals surface area contributed by atoms with Crippen LogP contribution in [0.4, 0.5) is 0 Å². The Morgan fingerprint density at radius 3 is 2.23 bits per heavy atom. The zero-order valence-electron chi connectivity index (χ0n) is 26.8. The largest absolute Gasteiger partial charge is 0.756 e. The average Bonchev–Trinajstić information content (AvgIpc) is 2.92. The van der Waals surface area contributed by atoms with Crippen LogP contribution in [-0.2, 0) is 32.7 Å². The van der Waals surface area contributed by atoms with Crippen molar-refractivity contribution in [2.24, 2.45) is 0 Å². The summed E-state index contributed by atoms with van der Waals surface area (Å²) in [6, 6.07) is 0. The molecule has 4 atom stereocenters. The predicted molar refractivity (Wildman–Crippen MR) is 169 cm³/mol. The zero-order chi connectivity index (χ0) is 33.3. The fourth-order valence-corrected chi connectivity index (χ4v) is 3.88. The second kappa shape index (κ2) is 24.7. The van der Waals surface area contributed by atoms with Gasteiger partial charge in [0.15, 0.2) is 6.10 Å². The minimum absolute atomic E-state index is 0.0715. The Morgan fingerprint density at radius 2 is 1.59 bits per heavy atom. The Bertz CT molecular complexity index is 1030. The Kier molecular flexibility index (Phi) is 23.2. The minimum Gasteiger partial charge on any atom is -0.756 e. The third-order valence-corrected chi connectivity index (χ3v) is 6.43. The molecule has 250 valence electrons. The number of ether oxygens (including phenoxy) is 2. The third-order valence-electron chi connectivity index (χ3n) is 5.47. The number of quaternary nitrogens is 1. The molecule has 12 heteroatoms. The highest BCUT2D eigenvalue weighted by molar-refractivity contribution is 7.45. The van der Waals surface area contributed by atoms with E-state index >= 15 is 0 Å². The normalized spacial score (nSPS) is 16.5. The monoisotopic (exact) mass is 641 g/mol. The van der Waals surface area contributed by atoms with Crippen LogP contribution in [0.5, 0.6) is 0 Å². The molecule has 0 saturated heterocycles. The van der Waals surface area contributed by atoms with E-state index in [2.05, 4.69) is 0 Å². The summed E-state index contributed by atoms with van der Waals surface area (Å²) in [5.41, 5.74) is 0. The summed E-state index contributed by atoms with van der Waals surface area (Å²) >= 11 is 0. The molecule has 0 aliphatic heterocycles. The summed E-state index contributed by atoms with van der Waals surface area (Å²) in [7, 11) is 1.02. The van der Waals surface area contributed by atoms with Crippen LogP contribution in [0.3, 0.4) is 0 Å². The molecule has 0 aromatic carbocycles. The number of unbranched alkanes of at least 4 members (excludes halogenated alkanes) is 1. The Hall–Kier alpha value is -2.63. The van der Waals surface area contributed by atoms with E-state index in [-0.39, 0.29) is 19.6 Å². The van der Waals surface area contributed by atoms with Gasteiger partial charge in [-0.15, -0.1) is 0 Å². The number of rotatable bonds is 24. The van der Waals surface area contributed by atoms with E-state index in [1.165, 1.54) is 0 Å². The van der Waals surface area contributed by atoms with Crippen LogP contribution in [0.1, 0.15) is 52.4 Å². The lowest BCUT2D eigenvalue weighted by atomic mass is 10.2. The maximum atomic E-state index is 12.1. The quantitative estimate of drug-likeness (QED) is 0.0394. The maximum absolute atomic E-state index is 12.1. The molecule has 1 unspecified atom stereocenters. The van der Waals surface area contributed by atoms with Gasteiger partial charge in [0.1, 0.15) is 19.8 Å². The lowest BCUT2D eigenvalue weighted by Gasteiger charge is -2.28. The van der Waals surface area contributed by atoms with Gasteiger partial charge in [0.25, 0.3) is 7.82 Å². The molecule has 0 rings (SSSR count). The van der Waals surface area contributed by atoms with E-state index in [9.17, 15) is 29.3 Å². The van der Waals surface area contributed by atoms with Crippen molar-refractivity contribution in [3.05, 3.63) is 72.9 Å². The van der Waals surface area contributed by atoms with Crippen LogP contribution >= 0.6 is 7.82 Å². The van der Waals surface area contributed by atoms with Gasteiger partial charge in [0.2, 0.25) is 0 Å². The van der Waals surface area contributed by atoms with E-state index in [0.29, 0.717) is 36.7 Å². The SMILES string of the molecule is CC/C=C\C[C@@H](O)/C=C/C=C\C/C=C\C=C\[C@@H](O)/C=C\CCCC(=O)OC[C@H](COP(=O)([O-])OCC[N+](C)(C)C)OC(C)=O. The topological polar surface area (TPSA) is 152 Å². The molecule has 0 heterocycles. The maximum Gasteiger partial charge on any atom is 0.305 e. The molecule has 0 aromatic rings. The van der Waals surface area contributed by atoms with Gasteiger partial charge in [0, 0.05) is 13.3 Å². The van der Waals surface area contributed by atoms with Crippen molar-refractivity contribution >= 4 is 19.8 Å². The molecule has 0 aliphatic rings. The number of phosphoric acid groups is 1. The van der Waals surface area contributed by atoms with Gasteiger partial charge in [-0.2, -0.15) is 0 Å². The number of allylic oxidation sites excluding steroid dienone is 8. The number of esters is 2. The highest BCUT2D eigenvalue weighted by Gasteiger charge is 2.20. The summed E-state index contributed by atoms with van der Waals surface area (Å²) < 4.78 is 32.2. The van der Waals surface area contributed by atoms with Gasteiger partial charge in [0.05, 0.1) is 40.0 Å². The molecule has 0 saturated carbocycles. The van der Waals surface area contributed by atoms with Gasteiger partial charge < -0.3 is 38.1 Å². The van der Waals surface area contributed by atoms with Gasteiger partial charge >= 0.3 is 11.9 Å². The number of carbonyl (C=O) groups is 2. The average molecular weight is 642 g/mol. The number of hydrogen-bond acceptors (Lipinski definition) is 10. The van der Waals surface area contributed by atoms with Crippen molar-refractivity contribution in [1.29, 1.82) is 0 Å². The summed E-state index contributed by atoms with van der Waals surface area (Å²) in [5, 5.41) is 19.8. The highest BCUT2D eigenvalue weighted by atomic mass is 31.2. The first kappa shape index (κ1) is 41.4. The smallest absolute Gasteiger partial charge is 0.305 e. The highest BCUT2D eigenvalue weighted by Crippen LogP contribution is 2.38. The van der Waals surface area contributed by atoms with Crippen LogP contribution in [-0.4, -0.2) is 92.5 Å². The van der Waals surface area contributed by atoms with Crippen molar-refractivity contribution in [2.75, 3.05) is 47.5 Å². The molecule has 0 bridgehead atoms. The lowest BCUT2D eigenvalue weighted by Crippen LogP contribution is -2.37. The van der Waals surface area contributed by atoms with Crippen LogP contribution in [0.15, 0.2) is 72.9 Å². The molecule has 2 N–H and O–H groups in total. The molecular formula is C32H52NO10P. The van der Waals surface area contributed by atoms with Gasteiger partial charge in [-0.1, -0.05) is 79.8 Å². The summed E-state index contributed by atoms with van der Waals surface area (Å²) in [6.45, 7) is 2.65. The Labute approximate surface area is 263 Å². The molecule has 0 radical (unpaired) electrons. The van der Waals surface area contributed by atoms with Gasteiger partial charge in [-0.25, -0.2) is 0 Å². The number of aliphatic hydroxyl groups excluding tert-OH is 2. The van der Waals surface area contributed by atoms with Crippen LogP contribution in [0.2, 0.25) is 0 Å². The number of hydrogen-bond donors (Lipinski definition) is 2.